The van der Waals surface area contributed by atoms with Crippen molar-refractivity contribution in [2.45, 2.75) is 13.0 Å². The quantitative estimate of drug-likeness (QED) is 0.207. The van der Waals surface area contributed by atoms with Gasteiger partial charge in [0.05, 0.1) is 6.61 Å². The molecule has 0 aromatic rings. The molecule has 0 radical (unpaired) electrons. The molecule has 94 valence electrons. The second-order valence-corrected chi connectivity index (χ2v) is 3.04. The molecule has 0 bridgehead atoms. The molecule has 0 aliphatic heterocycles. The van der Waals surface area contributed by atoms with Crippen LogP contribution in [0.15, 0.2) is 11.8 Å². The second-order valence-electron chi connectivity index (χ2n) is 3.04. The summed E-state index contributed by atoms with van der Waals surface area (Å²) in [6.45, 7) is 0.410. The van der Waals surface area contributed by atoms with Gasteiger partial charge in [0.2, 0.25) is 0 Å². The normalized spacial score (nSPS) is 12.3. The third kappa shape index (κ3) is 11.7. The molecule has 1 atom stereocenters. The third-order valence-electron chi connectivity index (χ3n) is 1.48. The number of carboxylic acids is 1. The molecule has 4 N–H and O–H groups in total. The van der Waals surface area contributed by atoms with Gasteiger partial charge in [-0.3, -0.25) is 4.79 Å². The number of hydrogen-bond donors (Lipinski definition) is 4. The van der Waals surface area contributed by atoms with Crippen LogP contribution in [0.4, 0.5) is 0 Å². The van der Waals surface area contributed by atoms with Gasteiger partial charge in [0.1, 0.15) is 19.3 Å². The summed E-state index contributed by atoms with van der Waals surface area (Å²) in [6.07, 6.45) is -0.0443. The molecular weight excluding hydrogens is 241 g/mol. The molecule has 0 rings (SSSR count). The zero-order valence-corrected chi connectivity index (χ0v) is 11.8. The zero-order valence-electron chi connectivity index (χ0n) is 10.8. The Morgan fingerprint density at radius 3 is 2.59 bits per heavy atom. The van der Waals surface area contributed by atoms with E-state index < -0.39 is 24.6 Å². The maximum Gasteiger partial charge on any atom is 1.00 e. The number of aliphatic hydroxyl groups is 2. The minimum Gasteiger partial charge on any atom is -1.00 e. The number of allylic oxidation sites excluding steroid dienone is 1. The number of aliphatic carboxylic acids is 1. The molecule has 0 aromatic heterocycles. The number of rotatable bonds is 7. The van der Waals surface area contributed by atoms with Crippen LogP contribution in [0.5, 0.6) is 0 Å². The van der Waals surface area contributed by atoms with E-state index in [0.29, 0.717) is 5.70 Å². The van der Waals surface area contributed by atoms with E-state index >= 15 is 0 Å². The van der Waals surface area contributed by atoms with Gasteiger partial charge >= 0.3 is 41.5 Å². The molecule has 0 aliphatic carbocycles. The first-order valence-electron chi connectivity index (χ1n) is 4.55. The first-order valence-corrected chi connectivity index (χ1v) is 4.55. The number of hydrogen-bond acceptors (Lipinski definition) is 6. The summed E-state index contributed by atoms with van der Waals surface area (Å²) in [7, 11) is 0. The number of carbonyl (C=O) groups excluding carboxylic acids is 1. The molecule has 8 heteroatoms. The summed E-state index contributed by atoms with van der Waals surface area (Å²) in [5.74, 6) is -1.76. The van der Waals surface area contributed by atoms with Crippen LogP contribution in [-0.4, -0.2) is 53.1 Å². The van der Waals surface area contributed by atoms with E-state index in [1.54, 1.807) is 0 Å². The van der Waals surface area contributed by atoms with E-state index in [-0.39, 0.29) is 44.1 Å². The van der Waals surface area contributed by atoms with Crippen molar-refractivity contribution < 1.29 is 60.6 Å². The van der Waals surface area contributed by atoms with Crippen molar-refractivity contribution in [2.24, 2.45) is 0 Å². The summed E-state index contributed by atoms with van der Waals surface area (Å²) in [5, 5.41) is 28.1. The predicted molar refractivity (Wildman–Crippen MR) is 54.6 cm³/mol. The van der Waals surface area contributed by atoms with Gasteiger partial charge in [-0.2, -0.15) is 0 Å². The Kier molecular flexibility index (Phi) is 11.6. The number of nitrogens with one attached hydrogen (secondary N) is 1. The van der Waals surface area contributed by atoms with Crippen LogP contribution in [0.1, 0.15) is 8.35 Å². The average molecular weight is 257 g/mol. The van der Waals surface area contributed by atoms with E-state index in [9.17, 15) is 9.59 Å². The predicted octanol–water partition coefficient (Wildman–Crippen LogP) is -4.42. The van der Waals surface area contributed by atoms with Crippen LogP contribution in [0.2, 0.25) is 0 Å². The third-order valence-corrected chi connectivity index (χ3v) is 1.48. The van der Waals surface area contributed by atoms with E-state index in [1.165, 1.54) is 6.92 Å². The molecule has 1 unspecified atom stereocenters. The number of ether oxygens (including phenoxy) is 1. The molecule has 17 heavy (non-hydrogen) atoms. The van der Waals surface area contributed by atoms with Crippen LogP contribution in [0.3, 0.4) is 0 Å². The van der Waals surface area contributed by atoms with Crippen molar-refractivity contribution in [1.82, 2.24) is 5.32 Å². The van der Waals surface area contributed by atoms with Crippen molar-refractivity contribution in [3.8, 4) is 0 Å². The van der Waals surface area contributed by atoms with Gasteiger partial charge in [0, 0.05) is 11.8 Å². The summed E-state index contributed by atoms with van der Waals surface area (Å²) >= 11 is 0. The van der Waals surface area contributed by atoms with Gasteiger partial charge in [-0.25, -0.2) is 4.79 Å². The van der Waals surface area contributed by atoms with Crippen molar-refractivity contribution in [1.29, 1.82) is 0 Å². The Morgan fingerprint density at radius 2 is 2.12 bits per heavy atom. The Balaban J connectivity index is -0.00000112. The van der Waals surface area contributed by atoms with E-state index in [2.05, 4.69) is 10.1 Å². The SMILES string of the molecule is C/C(=C\C(=O)OCC(O)CO)NCC(=O)O.[H-].[Na+]. The van der Waals surface area contributed by atoms with Gasteiger partial charge < -0.3 is 26.8 Å². The minimum atomic E-state index is -1.11. The summed E-state index contributed by atoms with van der Waals surface area (Å²) in [4.78, 5) is 21.2. The Bertz CT molecular complexity index is 286. The zero-order chi connectivity index (χ0) is 12.6. The minimum absolute atomic E-state index is 0. The van der Waals surface area contributed by atoms with Crippen molar-refractivity contribution in [2.75, 3.05) is 19.8 Å². The first kappa shape index (κ1) is 18.8. The smallest absolute Gasteiger partial charge is 1.00 e. The second kappa shape index (κ2) is 10.5. The van der Waals surface area contributed by atoms with E-state index in [1.807, 2.05) is 0 Å². The molecule has 0 aromatic carbocycles. The van der Waals surface area contributed by atoms with Crippen LogP contribution < -0.4 is 34.9 Å². The molecule has 0 saturated carbocycles. The molecule has 0 saturated heterocycles. The van der Waals surface area contributed by atoms with Gasteiger partial charge in [-0.15, -0.1) is 0 Å². The largest absolute Gasteiger partial charge is 1.00 e. The van der Waals surface area contributed by atoms with E-state index in [4.69, 9.17) is 15.3 Å². The van der Waals surface area contributed by atoms with Gasteiger partial charge in [0.15, 0.2) is 0 Å². The fraction of sp³-hybridized carbons (Fsp3) is 0.556. The monoisotopic (exact) mass is 257 g/mol. The van der Waals surface area contributed by atoms with Crippen molar-refractivity contribution in [3.63, 3.8) is 0 Å². The Hall–Kier alpha value is -0.600. The first-order chi connectivity index (χ1) is 7.45. The summed E-state index contributed by atoms with van der Waals surface area (Å²) < 4.78 is 4.56. The van der Waals surface area contributed by atoms with Crippen LogP contribution in [0.25, 0.3) is 0 Å². The maximum absolute atomic E-state index is 11.0. The van der Waals surface area contributed by atoms with Gasteiger partial charge in [-0.1, -0.05) is 0 Å². The van der Waals surface area contributed by atoms with E-state index in [0.717, 1.165) is 6.08 Å². The van der Waals surface area contributed by atoms with Gasteiger partial charge in [0.25, 0.3) is 0 Å². The molecule has 0 amide bonds. The van der Waals surface area contributed by atoms with Crippen molar-refractivity contribution >= 4 is 11.9 Å². The Morgan fingerprint density at radius 1 is 1.53 bits per heavy atom. The number of aliphatic hydroxyl groups excluding tert-OH is 2. The molecule has 0 spiro atoms. The fourth-order valence-electron chi connectivity index (χ4n) is 0.716. The molecule has 0 fully saturated rings. The van der Waals surface area contributed by atoms with Crippen LogP contribution in [0, 0.1) is 0 Å². The summed E-state index contributed by atoms with van der Waals surface area (Å²) in [5.41, 5.74) is 0.339. The topological polar surface area (TPSA) is 116 Å². The molecule has 0 heterocycles. The molecule has 7 nitrogen and oxygen atoms in total. The average Bonchev–Trinajstić information content (AvgIpc) is 2.23. The standard InChI is InChI=1S/C9H15NO6.Na.H/c1-6(10-3-8(13)14)2-9(15)16-5-7(12)4-11;;/h2,7,10-12H,3-5H2,1H3,(H,13,14);;/q;+1;-1/b6-2+;;. The maximum atomic E-state index is 11.0. The van der Waals surface area contributed by atoms with Crippen molar-refractivity contribution in [3.05, 3.63) is 11.8 Å². The fourth-order valence-corrected chi connectivity index (χ4v) is 0.716. The number of carboxylic acid groups (broad SMARTS) is 1. The molecular formula is C9H16NNaO6. The molecule has 0 aliphatic rings. The summed E-state index contributed by atoms with van der Waals surface area (Å²) in [6, 6.07) is 0. The van der Waals surface area contributed by atoms with Crippen LogP contribution in [-0.2, 0) is 14.3 Å². The van der Waals surface area contributed by atoms with Crippen LogP contribution >= 0.6 is 0 Å². The number of carbonyl (C=O) groups is 2. The Labute approximate surface area is 122 Å². The number of esters is 1. The van der Waals surface area contributed by atoms with Gasteiger partial charge in [-0.05, 0) is 6.92 Å².